The second kappa shape index (κ2) is 7.38. The number of benzene rings is 2. The van der Waals surface area contributed by atoms with Crippen LogP contribution in [-0.4, -0.2) is 12.5 Å². The predicted octanol–water partition coefficient (Wildman–Crippen LogP) is 4.88. The third kappa shape index (κ3) is 4.50. The Morgan fingerprint density at radius 1 is 1.00 bits per heavy atom. The molecule has 0 heterocycles. The molecule has 0 bridgehead atoms. The predicted molar refractivity (Wildman–Crippen MR) is 89.1 cm³/mol. The summed E-state index contributed by atoms with van der Waals surface area (Å²) in [5, 5.41) is 5.29. The summed E-state index contributed by atoms with van der Waals surface area (Å²) in [4.78, 5) is 12.1. The third-order valence-electron chi connectivity index (χ3n) is 3.53. The lowest BCUT2D eigenvalue weighted by molar-refractivity contribution is -0.137. The highest BCUT2D eigenvalue weighted by molar-refractivity contribution is 5.94. The third-order valence-corrected chi connectivity index (χ3v) is 3.53. The molecule has 2 aromatic rings. The summed E-state index contributed by atoms with van der Waals surface area (Å²) < 4.78 is 38.8. The molecular weight excluding hydrogens is 317 g/mol. The first-order chi connectivity index (χ1) is 11.3. The molecule has 0 radical (unpaired) electrons. The van der Waals surface area contributed by atoms with Crippen LogP contribution in [0.15, 0.2) is 48.5 Å². The van der Waals surface area contributed by atoms with Crippen LogP contribution < -0.4 is 10.6 Å². The van der Waals surface area contributed by atoms with Crippen LogP contribution >= 0.6 is 0 Å². The number of hydrogen-bond donors (Lipinski definition) is 2. The molecule has 2 N–H and O–H groups in total. The molecule has 1 amide bonds. The van der Waals surface area contributed by atoms with Crippen molar-refractivity contribution in [1.29, 1.82) is 0 Å². The van der Waals surface area contributed by atoms with Gasteiger partial charge in [0.1, 0.15) is 0 Å². The minimum atomic E-state index is -4.47. The van der Waals surface area contributed by atoms with Crippen molar-refractivity contribution in [2.45, 2.75) is 25.9 Å². The summed E-state index contributed by atoms with van der Waals surface area (Å²) in [6.07, 6.45) is -4.47. The zero-order valence-electron chi connectivity index (χ0n) is 13.4. The Morgan fingerprint density at radius 2 is 1.58 bits per heavy atom. The van der Waals surface area contributed by atoms with Crippen molar-refractivity contribution in [3.63, 3.8) is 0 Å². The second-order valence-corrected chi connectivity index (χ2v) is 5.69. The SMILES string of the molecule is CC(C)c1ccccc1NC(=O)CNc1ccccc1C(F)(F)F. The molecule has 24 heavy (non-hydrogen) atoms. The van der Waals surface area contributed by atoms with E-state index in [0.29, 0.717) is 5.69 Å². The van der Waals surface area contributed by atoms with Crippen LogP contribution in [0, 0.1) is 0 Å². The van der Waals surface area contributed by atoms with Gasteiger partial charge in [-0.1, -0.05) is 44.2 Å². The number of halogens is 3. The maximum absolute atomic E-state index is 12.9. The van der Waals surface area contributed by atoms with Crippen molar-refractivity contribution in [3.05, 3.63) is 59.7 Å². The number of carbonyl (C=O) groups is 1. The number of hydrogen-bond acceptors (Lipinski definition) is 2. The molecule has 0 aliphatic rings. The van der Waals surface area contributed by atoms with Crippen LogP contribution in [-0.2, 0) is 11.0 Å². The van der Waals surface area contributed by atoms with Gasteiger partial charge >= 0.3 is 6.18 Å². The van der Waals surface area contributed by atoms with E-state index >= 15 is 0 Å². The van der Waals surface area contributed by atoms with Gasteiger partial charge in [-0.05, 0) is 29.7 Å². The molecule has 2 rings (SSSR count). The van der Waals surface area contributed by atoms with E-state index in [1.54, 1.807) is 12.1 Å². The Bertz CT molecular complexity index is 711. The normalized spacial score (nSPS) is 11.4. The molecule has 0 spiro atoms. The van der Waals surface area contributed by atoms with Gasteiger partial charge in [0, 0.05) is 11.4 Å². The number of anilines is 2. The lowest BCUT2D eigenvalue weighted by atomic mass is 10.0. The smallest absolute Gasteiger partial charge is 0.376 e. The van der Waals surface area contributed by atoms with Crippen LogP contribution in [0.4, 0.5) is 24.5 Å². The van der Waals surface area contributed by atoms with E-state index in [2.05, 4.69) is 10.6 Å². The first-order valence-corrected chi connectivity index (χ1v) is 7.58. The van der Waals surface area contributed by atoms with Gasteiger partial charge in [-0.15, -0.1) is 0 Å². The highest BCUT2D eigenvalue weighted by Gasteiger charge is 2.33. The van der Waals surface area contributed by atoms with Crippen molar-refractivity contribution >= 4 is 17.3 Å². The fraction of sp³-hybridized carbons (Fsp3) is 0.278. The Balaban J connectivity index is 2.05. The van der Waals surface area contributed by atoms with Gasteiger partial charge in [-0.2, -0.15) is 13.2 Å². The van der Waals surface area contributed by atoms with Gasteiger partial charge in [0.05, 0.1) is 12.1 Å². The number of carbonyl (C=O) groups excluding carboxylic acids is 1. The largest absolute Gasteiger partial charge is 0.418 e. The van der Waals surface area contributed by atoms with Gasteiger partial charge in [0.15, 0.2) is 0 Å². The fourth-order valence-corrected chi connectivity index (χ4v) is 2.37. The summed E-state index contributed by atoms with van der Waals surface area (Å²) in [6.45, 7) is 3.76. The number of para-hydroxylation sites is 2. The van der Waals surface area contributed by atoms with Crippen LogP contribution in [0.25, 0.3) is 0 Å². The monoisotopic (exact) mass is 336 g/mol. The first-order valence-electron chi connectivity index (χ1n) is 7.58. The van der Waals surface area contributed by atoms with Gasteiger partial charge in [0.25, 0.3) is 0 Å². The van der Waals surface area contributed by atoms with E-state index in [0.717, 1.165) is 11.6 Å². The van der Waals surface area contributed by atoms with E-state index in [9.17, 15) is 18.0 Å². The number of alkyl halides is 3. The molecule has 0 aliphatic carbocycles. The molecule has 0 saturated heterocycles. The maximum Gasteiger partial charge on any atom is 0.418 e. The van der Waals surface area contributed by atoms with Crippen LogP contribution in [0.3, 0.4) is 0 Å². The maximum atomic E-state index is 12.9. The highest BCUT2D eigenvalue weighted by atomic mass is 19.4. The summed E-state index contributed by atoms with van der Waals surface area (Å²) in [5.74, 6) is -0.180. The molecule has 0 aliphatic heterocycles. The summed E-state index contributed by atoms with van der Waals surface area (Å²) >= 11 is 0. The molecule has 0 unspecified atom stereocenters. The molecule has 3 nitrogen and oxygen atoms in total. The second-order valence-electron chi connectivity index (χ2n) is 5.69. The van der Waals surface area contributed by atoms with E-state index in [4.69, 9.17) is 0 Å². The Kier molecular flexibility index (Phi) is 5.49. The van der Waals surface area contributed by atoms with Crippen LogP contribution in [0.1, 0.15) is 30.9 Å². The minimum absolute atomic E-state index is 0.114. The lowest BCUT2D eigenvalue weighted by Gasteiger charge is -2.16. The molecule has 2 aromatic carbocycles. The van der Waals surface area contributed by atoms with Crippen LogP contribution in [0.5, 0.6) is 0 Å². The van der Waals surface area contributed by atoms with Crippen LogP contribution in [0.2, 0.25) is 0 Å². The van der Waals surface area contributed by atoms with Crippen molar-refractivity contribution in [3.8, 4) is 0 Å². The zero-order valence-corrected chi connectivity index (χ0v) is 13.4. The molecule has 0 atom stereocenters. The topological polar surface area (TPSA) is 41.1 Å². The summed E-state index contributed by atoms with van der Waals surface area (Å²) in [6, 6.07) is 12.4. The van der Waals surface area contributed by atoms with E-state index in [-0.39, 0.29) is 18.2 Å². The van der Waals surface area contributed by atoms with Crippen molar-refractivity contribution in [2.75, 3.05) is 17.2 Å². The van der Waals surface area contributed by atoms with Crippen molar-refractivity contribution in [2.24, 2.45) is 0 Å². The van der Waals surface area contributed by atoms with Gasteiger partial charge in [-0.25, -0.2) is 0 Å². The average Bonchev–Trinajstić information content (AvgIpc) is 2.52. The fourth-order valence-electron chi connectivity index (χ4n) is 2.37. The zero-order chi connectivity index (χ0) is 17.7. The minimum Gasteiger partial charge on any atom is -0.376 e. The Morgan fingerprint density at radius 3 is 2.21 bits per heavy atom. The standard InChI is InChI=1S/C18H19F3N2O/c1-12(2)13-7-3-5-9-15(13)23-17(24)11-22-16-10-6-4-8-14(16)18(19,20)21/h3-10,12,22H,11H2,1-2H3,(H,23,24). The summed E-state index contributed by atoms with van der Waals surface area (Å²) in [5.41, 5.74) is 0.739. The molecule has 0 aromatic heterocycles. The molecule has 128 valence electrons. The molecule has 0 saturated carbocycles. The molecule has 0 fully saturated rings. The van der Waals surface area contributed by atoms with Gasteiger partial charge < -0.3 is 10.6 Å². The first kappa shape index (κ1) is 17.8. The number of amides is 1. The highest BCUT2D eigenvalue weighted by Crippen LogP contribution is 2.34. The molecular formula is C18H19F3N2O. The lowest BCUT2D eigenvalue weighted by Crippen LogP contribution is -2.23. The van der Waals surface area contributed by atoms with E-state index in [1.165, 1.54) is 18.2 Å². The van der Waals surface area contributed by atoms with E-state index < -0.39 is 17.6 Å². The summed E-state index contributed by atoms with van der Waals surface area (Å²) in [7, 11) is 0. The van der Waals surface area contributed by atoms with E-state index in [1.807, 2.05) is 26.0 Å². The average molecular weight is 336 g/mol. The number of rotatable bonds is 5. The Hall–Kier alpha value is -2.50. The van der Waals surface area contributed by atoms with Crippen molar-refractivity contribution in [1.82, 2.24) is 0 Å². The number of nitrogens with one attached hydrogen (secondary N) is 2. The van der Waals surface area contributed by atoms with Gasteiger partial charge in [0.2, 0.25) is 5.91 Å². The molecule has 6 heteroatoms. The quantitative estimate of drug-likeness (QED) is 0.817. The Labute approximate surface area is 138 Å². The van der Waals surface area contributed by atoms with Crippen molar-refractivity contribution < 1.29 is 18.0 Å². The van der Waals surface area contributed by atoms with Gasteiger partial charge in [-0.3, -0.25) is 4.79 Å².